The number of imidazole rings is 1. The van der Waals surface area contributed by atoms with Crippen molar-refractivity contribution in [3.63, 3.8) is 0 Å². The van der Waals surface area contributed by atoms with Gasteiger partial charge in [0.05, 0.1) is 24.7 Å². The molecule has 1 atom stereocenters. The van der Waals surface area contributed by atoms with Crippen LogP contribution in [0.2, 0.25) is 0 Å². The van der Waals surface area contributed by atoms with Gasteiger partial charge in [0, 0.05) is 12.2 Å². The van der Waals surface area contributed by atoms with E-state index in [0.717, 1.165) is 52.8 Å². The molecule has 4 aromatic rings. The van der Waals surface area contributed by atoms with Gasteiger partial charge in [-0.25, -0.2) is 19.9 Å². The van der Waals surface area contributed by atoms with Crippen LogP contribution in [0.5, 0.6) is 0 Å². The molecule has 5 rings (SSSR count). The molecular formula is C19H18N6OS. The van der Waals surface area contributed by atoms with E-state index in [0.29, 0.717) is 11.3 Å². The molecular weight excluding hydrogens is 360 g/mol. The first-order chi connectivity index (χ1) is 13.3. The minimum absolute atomic E-state index is 0.209. The maximum Gasteiger partial charge on any atom is 0.154 e. The van der Waals surface area contributed by atoms with Crippen LogP contribution in [0.25, 0.3) is 32.3 Å². The lowest BCUT2D eigenvalue weighted by atomic mass is 10.1. The lowest BCUT2D eigenvalue weighted by molar-refractivity contribution is 0.0973. The highest BCUT2D eigenvalue weighted by Crippen LogP contribution is 2.36. The van der Waals surface area contributed by atoms with Gasteiger partial charge in [0.15, 0.2) is 5.82 Å². The fourth-order valence-electron chi connectivity index (χ4n) is 3.43. The summed E-state index contributed by atoms with van der Waals surface area (Å²) in [7, 11) is 0. The molecule has 1 aliphatic heterocycles. The second-order valence-corrected chi connectivity index (χ2v) is 7.50. The lowest BCUT2D eigenvalue weighted by Gasteiger charge is -2.13. The third-order valence-electron chi connectivity index (χ3n) is 4.74. The van der Waals surface area contributed by atoms with E-state index in [2.05, 4.69) is 26.7 Å². The van der Waals surface area contributed by atoms with Crippen LogP contribution in [-0.4, -0.2) is 37.2 Å². The van der Waals surface area contributed by atoms with Crippen LogP contribution < -0.4 is 5.73 Å². The van der Waals surface area contributed by atoms with E-state index in [1.807, 2.05) is 24.5 Å². The SMILES string of the molecule is Nc1ncnc2sc(-c3c(-c4ccccc4)ncn3C[C@H]3CCCO3)nc12. The second kappa shape index (κ2) is 6.71. The van der Waals surface area contributed by atoms with Gasteiger partial charge in [-0.15, -0.1) is 0 Å². The van der Waals surface area contributed by atoms with Crippen molar-refractivity contribution in [1.29, 1.82) is 0 Å². The fraction of sp³-hybridized carbons (Fsp3) is 0.263. The summed E-state index contributed by atoms with van der Waals surface area (Å²) in [6.45, 7) is 1.58. The summed E-state index contributed by atoms with van der Waals surface area (Å²) in [4.78, 5) is 18.6. The van der Waals surface area contributed by atoms with Crippen LogP contribution in [0.4, 0.5) is 5.82 Å². The lowest BCUT2D eigenvalue weighted by Crippen LogP contribution is -2.15. The van der Waals surface area contributed by atoms with E-state index in [4.69, 9.17) is 20.4 Å². The Kier molecular flexibility index (Phi) is 4.06. The molecule has 0 aliphatic carbocycles. The number of nitrogens with two attached hydrogens (primary N) is 1. The number of benzene rings is 1. The van der Waals surface area contributed by atoms with E-state index in [9.17, 15) is 0 Å². The molecule has 1 saturated heterocycles. The number of ether oxygens (including phenoxy) is 1. The van der Waals surface area contributed by atoms with Gasteiger partial charge < -0.3 is 15.0 Å². The molecule has 2 N–H and O–H groups in total. The first kappa shape index (κ1) is 16.3. The number of anilines is 1. The van der Waals surface area contributed by atoms with Crippen molar-refractivity contribution in [1.82, 2.24) is 24.5 Å². The Morgan fingerprint density at radius 2 is 2.07 bits per heavy atom. The zero-order valence-corrected chi connectivity index (χ0v) is 15.4. The van der Waals surface area contributed by atoms with Crippen LogP contribution in [0.1, 0.15) is 12.8 Å². The molecule has 0 unspecified atom stereocenters. The van der Waals surface area contributed by atoms with Crippen molar-refractivity contribution in [2.45, 2.75) is 25.5 Å². The molecule has 1 fully saturated rings. The van der Waals surface area contributed by atoms with Gasteiger partial charge in [-0.1, -0.05) is 41.7 Å². The van der Waals surface area contributed by atoms with Gasteiger partial charge in [-0.2, -0.15) is 0 Å². The van der Waals surface area contributed by atoms with Crippen molar-refractivity contribution in [2.24, 2.45) is 0 Å². The van der Waals surface area contributed by atoms with Gasteiger partial charge in [0.25, 0.3) is 0 Å². The molecule has 27 heavy (non-hydrogen) atoms. The Morgan fingerprint density at radius 1 is 1.19 bits per heavy atom. The van der Waals surface area contributed by atoms with Crippen molar-refractivity contribution >= 4 is 27.5 Å². The Morgan fingerprint density at radius 3 is 2.85 bits per heavy atom. The Bertz CT molecular complexity index is 1080. The topological polar surface area (TPSA) is 91.7 Å². The third-order valence-corrected chi connectivity index (χ3v) is 5.71. The molecule has 0 saturated carbocycles. The Labute approximate surface area is 159 Å². The van der Waals surface area contributed by atoms with Crippen molar-refractivity contribution in [3.05, 3.63) is 43.0 Å². The molecule has 1 aromatic carbocycles. The average molecular weight is 378 g/mol. The van der Waals surface area contributed by atoms with E-state index in [1.165, 1.54) is 17.7 Å². The predicted molar refractivity (Wildman–Crippen MR) is 105 cm³/mol. The summed E-state index contributed by atoms with van der Waals surface area (Å²) in [5.41, 5.74) is 9.56. The van der Waals surface area contributed by atoms with E-state index in [1.54, 1.807) is 0 Å². The maximum absolute atomic E-state index is 5.99. The summed E-state index contributed by atoms with van der Waals surface area (Å²) in [5, 5.41) is 0.839. The van der Waals surface area contributed by atoms with Crippen molar-refractivity contribution in [3.8, 4) is 22.0 Å². The molecule has 0 bridgehead atoms. The monoisotopic (exact) mass is 378 g/mol. The van der Waals surface area contributed by atoms with Crippen LogP contribution >= 0.6 is 11.3 Å². The van der Waals surface area contributed by atoms with Crippen LogP contribution in [0, 0.1) is 0 Å². The first-order valence-corrected chi connectivity index (χ1v) is 9.71. The van der Waals surface area contributed by atoms with E-state index < -0.39 is 0 Å². The highest BCUT2D eigenvalue weighted by molar-refractivity contribution is 7.21. The minimum Gasteiger partial charge on any atom is -0.382 e. The number of hydrogen-bond acceptors (Lipinski definition) is 7. The van der Waals surface area contributed by atoms with Crippen LogP contribution in [-0.2, 0) is 11.3 Å². The molecule has 0 amide bonds. The number of rotatable bonds is 4. The molecule has 1 aliphatic rings. The van der Waals surface area contributed by atoms with Crippen molar-refractivity contribution in [2.75, 3.05) is 12.3 Å². The standard InChI is InChI=1S/C19H18N6OS/c20-17-15-18(22-10-21-17)27-19(24-15)16-14(12-5-2-1-3-6-12)23-11-25(16)9-13-7-4-8-26-13/h1-3,5-6,10-11,13H,4,7-9H2,(H2,20,21,22)/t13-/m1/s1. The highest BCUT2D eigenvalue weighted by atomic mass is 32.1. The zero-order chi connectivity index (χ0) is 18.2. The van der Waals surface area contributed by atoms with Gasteiger partial charge >= 0.3 is 0 Å². The normalized spacial score (nSPS) is 17.0. The maximum atomic E-state index is 5.99. The van der Waals surface area contributed by atoms with Gasteiger partial charge in [0.1, 0.15) is 27.4 Å². The van der Waals surface area contributed by atoms with E-state index >= 15 is 0 Å². The molecule has 8 heteroatoms. The molecule has 7 nitrogen and oxygen atoms in total. The predicted octanol–water partition coefficient (Wildman–Crippen LogP) is 3.38. The van der Waals surface area contributed by atoms with Crippen molar-refractivity contribution < 1.29 is 4.74 Å². The van der Waals surface area contributed by atoms with Crippen LogP contribution in [0.15, 0.2) is 43.0 Å². The van der Waals surface area contributed by atoms with Gasteiger partial charge in [-0.05, 0) is 12.8 Å². The van der Waals surface area contributed by atoms with Gasteiger partial charge in [0.2, 0.25) is 0 Å². The largest absolute Gasteiger partial charge is 0.382 e. The van der Waals surface area contributed by atoms with Gasteiger partial charge in [-0.3, -0.25) is 0 Å². The molecule has 0 radical (unpaired) electrons. The second-order valence-electron chi connectivity index (χ2n) is 6.53. The number of aromatic nitrogens is 5. The zero-order valence-electron chi connectivity index (χ0n) is 14.6. The van der Waals surface area contributed by atoms with Crippen LogP contribution in [0.3, 0.4) is 0 Å². The number of hydrogen-bond donors (Lipinski definition) is 1. The highest BCUT2D eigenvalue weighted by Gasteiger charge is 2.23. The molecule has 0 spiro atoms. The molecule has 3 aromatic heterocycles. The number of fused-ring (bicyclic) bond motifs is 1. The third kappa shape index (κ3) is 2.96. The van der Waals surface area contributed by atoms with E-state index in [-0.39, 0.29) is 6.10 Å². The quantitative estimate of drug-likeness (QED) is 0.585. The summed E-state index contributed by atoms with van der Waals surface area (Å²) < 4.78 is 7.97. The fourth-order valence-corrected chi connectivity index (χ4v) is 4.41. The number of thiazole rings is 1. The molecule has 136 valence electrons. The summed E-state index contributed by atoms with van der Waals surface area (Å²) >= 11 is 1.51. The number of nitrogen functional groups attached to an aromatic ring is 1. The minimum atomic E-state index is 0.209. The number of nitrogens with zero attached hydrogens (tertiary/aromatic N) is 5. The summed E-state index contributed by atoms with van der Waals surface area (Å²) in [6, 6.07) is 10.1. The first-order valence-electron chi connectivity index (χ1n) is 8.89. The Hall–Kier alpha value is -2.84. The Balaban J connectivity index is 1.66. The molecule has 4 heterocycles. The summed E-state index contributed by atoms with van der Waals surface area (Å²) in [6.07, 6.45) is 5.73. The summed E-state index contributed by atoms with van der Waals surface area (Å²) in [5.74, 6) is 0.397. The average Bonchev–Trinajstić information content (AvgIpc) is 3.42. The smallest absolute Gasteiger partial charge is 0.154 e.